The van der Waals surface area contributed by atoms with Crippen LogP contribution < -0.4 is 5.32 Å². The maximum absolute atomic E-state index is 13.5. The van der Waals surface area contributed by atoms with Crippen LogP contribution in [0.5, 0.6) is 0 Å². The van der Waals surface area contributed by atoms with Gasteiger partial charge < -0.3 is 9.88 Å². The SMILES string of the molecule is Cn1nccc1-c1cn(-c2ccc(F)cc2)c2cc(C(=O)NC3(C)CCS(=O)C3)cnc12. The third kappa shape index (κ3) is 3.62. The van der Waals surface area contributed by atoms with Gasteiger partial charge in [-0.1, -0.05) is 0 Å². The van der Waals surface area contributed by atoms with Crippen molar-refractivity contribution >= 4 is 27.7 Å². The first-order valence-corrected chi connectivity index (χ1v) is 11.7. The fraction of sp³-hybridized carbons (Fsp3) is 0.261. The van der Waals surface area contributed by atoms with Gasteiger partial charge in [-0.15, -0.1) is 0 Å². The first-order chi connectivity index (χ1) is 15.3. The molecule has 0 aliphatic carbocycles. The van der Waals surface area contributed by atoms with Crippen LogP contribution in [0.4, 0.5) is 4.39 Å². The molecule has 4 heterocycles. The Morgan fingerprint density at radius 2 is 2.03 bits per heavy atom. The van der Waals surface area contributed by atoms with Crippen LogP contribution in [0.15, 0.2) is 55.0 Å². The predicted molar refractivity (Wildman–Crippen MR) is 122 cm³/mol. The fourth-order valence-corrected chi connectivity index (χ4v) is 5.90. The zero-order chi connectivity index (χ0) is 22.5. The molecule has 1 N–H and O–H groups in total. The predicted octanol–water partition coefficient (Wildman–Crippen LogP) is 3.21. The van der Waals surface area contributed by atoms with E-state index in [1.807, 2.05) is 30.8 Å². The van der Waals surface area contributed by atoms with Gasteiger partial charge in [0, 0.05) is 64.7 Å². The van der Waals surface area contributed by atoms with Crippen molar-refractivity contribution in [2.45, 2.75) is 18.9 Å². The zero-order valence-electron chi connectivity index (χ0n) is 17.7. The molecule has 0 bridgehead atoms. The van der Waals surface area contributed by atoms with Crippen LogP contribution in [0.25, 0.3) is 28.0 Å². The van der Waals surface area contributed by atoms with Crippen molar-refractivity contribution in [3.8, 4) is 16.9 Å². The Bertz CT molecular complexity index is 1360. The molecule has 1 fully saturated rings. The number of nitrogens with one attached hydrogen (secondary N) is 1. The summed E-state index contributed by atoms with van der Waals surface area (Å²) in [5.41, 5.74) is 3.84. The van der Waals surface area contributed by atoms with E-state index in [1.165, 1.54) is 12.1 Å². The highest BCUT2D eigenvalue weighted by atomic mass is 32.2. The second-order valence-electron chi connectivity index (χ2n) is 8.37. The lowest BCUT2D eigenvalue weighted by atomic mass is 10.0. The van der Waals surface area contributed by atoms with Crippen molar-refractivity contribution in [2.24, 2.45) is 7.05 Å². The van der Waals surface area contributed by atoms with Gasteiger partial charge in [-0.2, -0.15) is 5.10 Å². The first kappa shape index (κ1) is 20.6. The Morgan fingerprint density at radius 1 is 1.25 bits per heavy atom. The number of halogens is 1. The molecule has 1 aromatic carbocycles. The average Bonchev–Trinajstić information content (AvgIpc) is 3.45. The number of fused-ring (bicyclic) bond motifs is 1. The van der Waals surface area contributed by atoms with Crippen molar-refractivity contribution in [1.82, 2.24) is 24.6 Å². The summed E-state index contributed by atoms with van der Waals surface area (Å²) in [6.45, 7) is 1.92. The number of pyridine rings is 1. The Morgan fingerprint density at radius 3 is 2.69 bits per heavy atom. The molecule has 1 saturated heterocycles. The van der Waals surface area contributed by atoms with Crippen molar-refractivity contribution in [2.75, 3.05) is 11.5 Å². The van der Waals surface area contributed by atoms with Crippen molar-refractivity contribution < 1.29 is 13.4 Å². The van der Waals surface area contributed by atoms with Gasteiger partial charge in [-0.05, 0) is 49.7 Å². The van der Waals surface area contributed by atoms with E-state index in [2.05, 4.69) is 15.4 Å². The van der Waals surface area contributed by atoms with Gasteiger partial charge in [0.1, 0.15) is 5.82 Å². The molecular weight excluding hydrogens is 429 g/mol. The summed E-state index contributed by atoms with van der Waals surface area (Å²) >= 11 is 0. The number of amides is 1. The summed E-state index contributed by atoms with van der Waals surface area (Å²) in [5.74, 6) is 0.466. The summed E-state index contributed by atoms with van der Waals surface area (Å²) in [5, 5.41) is 7.28. The van der Waals surface area contributed by atoms with Gasteiger partial charge in [0.2, 0.25) is 0 Å². The van der Waals surface area contributed by atoms with Gasteiger partial charge in [0.25, 0.3) is 5.91 Å². The van der Waals surface area contributed by atoms with E-state index in [-0.39, 0.29) is 11.7 Å². The molecule has 7 nitrogen and oxygen atoms in total. The van der Waals surface area contributed by atoms with E-state index in [0.717, 1.165) is 22.5 Å². The van der Waals surface area contributed by atoms with Gasteiger partial charge in [0.05, 0.1) is 22.3 Å². The zero-order valence-corrected chi connectivity index (χ0v) is 18.5. The number of nitrogens with zero attached hydrogens (tertiary/aromatic N) is 4. The summed E-state index contributed by atoms with van der Waals surface area (Å²) in [6.07, 6.45) is 5.87. The van der Waals surface area contributed by atoms with E-state index in [1.54, 1.807) is 35.3 Å². The highest BCUT2D eigenvalue weighted by Crippen LogP contribution is 2.32. The number of carbonyl (C=O) groups is 1. The highest BCUT2D eigenvalue weighted by molar-refractivity contribution is 7.85. The van der Waals surface area contributed by atoms with Crippen molar-refractivity contribution in [3.63, 3.8) is 0 Å². The van der Waals surface area contributed by atoms with Crippen LogP contribution in [0.2, 0.25) is 0 Å². The largest absolute Gasteiger partial charge is 0.346 e. The minimum absolute atomic E-state index is 0.255. The molecule has 164 valence electrons. The molecule has 2 atom stereocenters. The van der Waals surface area contributed by atoms with Gasteiger partial charge in [-0.3, -0.25) is 18.7 Å². The summed E-state index contributed by atoms with van der Waals surface area (Å²) in [7, 11) is 0.944. The molecule has 0 saturated carbocycles. The maximum Gasteiger partial charge on any atom is 0.253 e. The number of carbonyl (C=O) groups excluding carboxylic acids is 1. The van der Waals surface area contributed by atoms with Gasteiger partial charge in [-0.25, -0.2) is 4.39 Å². The van der Waals surface area contributed by atoms with E-state index in [9.17, 15) is 13.4 Å². The third-order valence-corrected chi connectivity index (χ3v) is 7.50. The topological polar surface area (TPSA) is 81.8 Å². The van der Waals surface area contributed by atoms with Crippen LogP contribution >= 0.6 is 0 Å². The average molecular weight is 452 g/mol. The molecule has 1 aliphatic heterocycles. The van der Waals surface area contributed by atoms with E-state index >= 15 is 0 Å². The lowest BCUT2D eigenvalue weighted by Crippen LogP contribution is -2.46. The molecule has 1 amide bonds. The van der Waals surface area contributed by atoms with Crippen LogP contribution in [0, 0.1) is 5.82 Å². The van der Waals surface area contributed by atoms with E-state index in [4.69, 9.17) is 0 Å². The van der Waals surface area contributed by atoms with E-state index < -0.39 is 16.3 Å². The number of benzene rings is 1. The van der Waals surface area contributed by atoms with Crippen molar-refractivity contribution in [3.05, 3.63) is 66.4 Å². The van der Waals surface area contributed by atoms with Crippen molar-refractivity contribution in [1.29, 1.82) is 0 Å². The number of aryl methyl sites for hydroxylation is 1. The summed E-state index contributed by atoms with van der Waals surface area (Å²) in [6, 6.07) is 9.85. The molecule has 2 unspecified atom stereocenters. The normalized spacial score (nSPS) is 20.7. The van der Waals surface area contributed by atoms with Crippen LogP contribution in [-0.4, -0.2) is 46.5 Å². The maximum atomic E-state index is 13.5. The van der Waals surface area contributed by atoms with Crippen LogP contribution in [0.3, 0.4) is 0 Å². The Kier molecular flexibility index (Phi) is 4.93. The monoisotopic (exact) mass is 451 g/mol. The molecule has 4 aromatic rings. The smallest absolute Gasteiger partial charge is 0.253 e. The lowest BCUT2D eigenvalue weighted by Gasteiger charge is -2.24. The molecule has 3 aromatic heterocycles. The molecule has 32 heavy (non-hydrogen) atoms. The highest BCUT2D eigenvalue weighted by Gasteiger charge is 2.35. The van der Waals surface area contributed by atoms with Crippen LogP contribution in [0.1, 0.15) is 23.7 Å². The molecule has 1 aliphatic rings. The molecule has 9 heteroatoms. The standard InChI is InChI=1S/C23H22FN5O2S/c1-23(8-10-32(31)14-23)27-22(30)15-11-20-21(25-12-15)18(19-7-9-26-28(19)2)13-29(20)17-5-3-16(24)4-6-17/h3-7,9,11-13H,8,10,14H2,1-2H3,(H,27,30). The summed E-state index contributed by atoms with van der Waals surface area (Å²) < 4.78 is 29.0. The molecule has 0 radical (unpaired) electrons. The minimum Gasteiger partial charge on any atom is -0.346 e. The molecule has 0 spiro atoms. The molecule has 5 rings (SSSR count). The number of hydrogen-bond acceptors (Lipinski definition) is 4. The van der Waals surface area contributed by atoms with Gasteiger partial charge in [0.15, 0.2) is 0 Å². The molecular formula is C23H22FN5O2S. The third-order valence-electron chi connectivity index (χ3n) is 5.88. The quantitative estimate of drug-likeness (QED) is 0.517. The lowest BCUT2D eigenvalue weighted by molar-refractivity contribution is 0.0915. The Labute approximate surface area is 186 Å². The second kappa shape index (κ2) is 7.67. The Hall–Kier alpha value is -3.33. The Balaban J connectivity index is 1.61. The van der Waals surface area contributed by atoms with E-state index in [0.29, 0.717) is 29.0 Å². The number of hydrogen-bond donors (Lipinski definition) is 1. The number of aromatic nitrogens is 4. The van der Waals surface area contributed by atoms with Gasteiger partial charge >= 0.3 is 0 Å². The first-order valence-electron chi connectivity index (χ1n) is 10.3. The minimum atomic E-state index is -0.907. The number of rotatable bonds is 4. The summed E-state index contributed by atoms with van der Waals surface area (Å²) in [4.78, 5) is 17.6. The van der Waals surface area contributed by atoms with Crippen LogP contribution in [-0.2, 0) is 17.8 Å². The fourth-order valence-electron chi connectivity index (χ4n) is 4.15. The second-order valence-corrected chi connectivity index (χ2v) is 9.95.